The molecule has 1 amide bonds. The number of rotatable bonds is 7. The number of hydrogen-bond donors (Lipinski definition) is 1. The second-order valence-electron chi connectivity index (χ2n) is 6.89. The lowest BCUT2D eigenvalue weighted by molar-refractivity contribution is -0.123. The topological polar surface area (TPSA) is 77.0 Å². The van der Waals surface area contributed by atoms with Gasteiger partial charge < -0.3 is 9.47 Å². The summed E-state index contributed by atoms with van der Waals surface area (Å²) in [7, 11) is 0. The van der Waals surface area contributed by atoms with E-state index in [0.29, 0.717) is 27.1 Å². The van der Waals surface area contributed by atoms with Crippen LogP contribution in [0.15, 0.2) is 65.8 Å². The number of amides is 1. The van der Waals surface area contributed by atoms with Gasteiger partial charge in [-0.1, -0.05) is 35.3 Å². The van der Waals surface area contributed by atoms with Crippen molar-refractivity contribution in [1.82, 2.24) is 5.43 Å². The summed E-state index contributed by atoms with van der Waals surface area (Å²) in [6, 6.07) is 16.8. The Morgan fingerprint density at radius 3 is 2.28 bits per heavy atom. The van der Waals surface area contributed by atoms with Crippen LogP contribution in [0.4, 0.5) is 0 Å². The summed E-state index contributed by atoms with van der Waals surface area (Å²) in [5.41, 5.74) is 5.14. The van der Waals surface area contributed by atoms with E-state index in [-0.39, 0.29) is 12.2 Å². The van der Waals surface area contributed by atoms with Gasteiger partial charge in [0.1, 0.15) is 11.5 Å². The minimum absolute atomic E-state index is 0.186. The molecule has 0 aromatic heterocycles. The highest BCUT2D eigenvalue weighted by atomic mass is 35.5. The Morgan fingerprint density at radius 2 is 1.62 bits per heavy atom. The van der Waals surface area contributed by atoms with Gasteiger partial charge in [-0.25, -0.2) is 10.2 Å². The molecular weight excluding hydrogens is 451 g/mol. The summed E-state index contributed by atoms with van der Waals surface area (Å²) in [4.78, 5) is 24.1. The molecule has 0 bridgehead atoms. The highest BCUT2D eigenvalue weighted by Crippen LogP contribution is 2.25. The second kappa shape index (κ2) is 10.8. The minimum Gasteiger partial charge on any atom is -0.484 e. The largest absolute Gasteiger partial charge is 0.484 e. The zero-order chi connectivity index (χ0) is 23.1. The van der Waals surface area contributed by atoms with Crippen LogP contribution in [0, 0.1) is 13.8 Å². The van der Waals surface area contributed by atoms with Gasteiger partial charge in [0.05, 0.1) is 16.8 Å². The molecular formula is C24H20Cl2N2O4. The predicted molar refractivity (Wildman–Crippen MR) is 125 cm³/mol. The molecule has 0 spiro atoms. The van der Waals surface area contributed by atoms with E-state index in [9.17, 15) is 9.59 Å². The van der Waals surface area contributed by atoms with E-state index in [1.807, 2.05) is 13.8 Å². The van der Waals surface area contributed by atoms with Crippen molar-refractivity contribution < 1.29 is 19.1 Å². The van der Waals surface area contributed by atoms with Crippen molar-refractivity contribution in [1.29, 1.82) is 0 Å². The third kappa shape index (κ3) is 6.33. The first-order valence-corrected chi connectivity index (χ1v) is 10.4. The van der Waals surface area contributed by atoms with E-state index >= 15 is 0 Å². The summed E-state index contributed by atoms with van der Waals surface area (Å²) in [5, 5.41) is 4.90. The number of carbonyl (C=O) groups is 2. The lowest BCUT2D eigenvalue weighted by Crippen LogP contribution is -2.24. The van der Waals surface area contributed by atoms with Crippen LogP contribution in [-0.2, 0) is 4.79 Å². The van der Waals surface area contributed by atoms with Gasteiger partial charge >= 0.3 is 5.97 Å². The minimum atomic E-state index is -0.546. The number of esters is 1. The van der Waals surface area contributed by atoms with Crippen LogP contribution in [0.1, 0.15) is 27.0 Å². The zero-order valence-corrected chi connectivity index (χ0v) is 18.9. The summed E-state index contributed by atoms with van der Waals surface area (Å²) in [6.07, 6.45) is 1.47. The molecule has 0 fully saturated rings. The predicted octanol–water partition coefficient (Wildman–Crippen LogP) is 5.36. The zero-order valence-electron chi connectivity index (χ0n) is 17.4. The van der Waals surface area contributed by atoms with Crippen LogP contribution in [0.25, 0.3) is 0 Å². The highest BCUT2D eigenvalue weighted by molar-refractivity contribution is 6.33. The van der Waals surface area contributed by atoms with Gasteiger partial charge in [-0.15, -0.1) is 0 Å². The smallest absolute Gasteiger partial charge is 0.345 e. The molecule has 164 valence electrons. The number of ether oxygens (including phenoxy) is 2. The van der Waals surface area contributed by atoms with Crippen LogP contribution in [-0.4, -0.2) is 24.7 Å². The maximum absolute atomic E-state index is 12.2. The molecule has 8 heteroatoms. The van der Waals surface area contributed by atoms with Crippen LogP contribution in [0.3, 0.4) is 0 Å². The first-order valence-electron chi connectivity index (χ1n) is 9.61. The number of nitrogens with one attached hydrogen (secondary N) is 1. The molecule has 1 N–H and O–H groups in total. The SMILES string of the molecule is Cc1cc(OCC(=O)N/N=C/c2ccc(OC(=O)c3ccccc3Cl)cc2)cc(C)c1Cl. The van der Waals surface area contributed by atoms with Gasteiger partial charge in [0.2, 0.25) is 0 Å². The van der Waals surface area contributed by atoms with Crippen LogP contribution in [0.5, 0.6) is 11.5 Å². The van der Waals surface area contributed by atoms with E-state index in [4.69, 9.17) is 32.7 Å². The molecule has 32 heavy (non-hydrogen) atoms. The number of nitrogens with zero attached hydrogens (tertiary/aromatic N) is 1. The number of hydrogen-bond acceptors (Lipinski definition) is 5. The molecule has 6 nitrogen and oxygen atoms in total. The molecule has 0 atom stereocenters. The van der Waals surface area contributed by atoms with Crippen molar-refractivity contribution in [2.24, 2.45) is 5.10 Å². The Hall–Kier alpha value is -3.35. The van der Waals surface area contributed by atoms with E-state index in [0.717, 1.165) is 11.1 Å². The summed E-state index contributed by atoms with van der Waals surface area (Å²) in [6.45, 7) is 3.56. The fourth-order valence-corrected chi connectivity index (χ4v) is 3.08. The maximum Gasteiger partial charge on any atom is 0.345 e. The number of aryl methyl sites for hydroxylation is 2. The van der Waals surface area contributed by atoms with Crippen molar-refractivity contribution in [2.45, 2.75) is 13.8 Å². The van der Waals surface area contributed by atoms with Crippen LogP contribution >= 0.6 is 23.2 Å². The van der Waals surface area contributed by atoms with E-state index in [1.54, 1.807) is 60.7 Å². The number of hydrazone groups is 1. The summed E-state index contributed by atoms with van der Waals surface area (Å²) in [5.74, 6) is -0.0318. The fraction of sp³-hybridized carbons (Fsp3) is 0.125. The first kappa shape index (κ1) is 23.3. The molecule has 0 aliphatic carbocycles. The van der Waals surface area contributed by atoms with Crippen molar-refractivity contribution in [2.75, 3.05) is 6.61 Å². The Labute approximate surface area is 195 Å². The Balaban J connectivity index is 1.49. The molecule has 0 aliphatic rings. The average molecular weight is 471 g/mol. The Kier molecular flexibility index (Phi) is 7.87. The van der Waals surface area contributed by atoms with E-state index in [2.05, 4.69) is 10.5 Å². The third-order valence-corrected chi connectivity index (χ3v) is 5.29. The van der Waals surface area contributed by atoms with Gasteiger partial charge in [0.25, 0.3) is 5.91 Å². The lowest BCUT2D eigenvalue weighted by Gasteiger charge is -2.09. The summed E-state index contributed by atoms with van der Waals surface area (Å²) < 4.78 is 10.8. The monoisotopic (exact) mass is 470 g/mol. The molecule has 3 rings (SSSR count). The number of benzene rings is 3. The van der Waals surface area contributed by atoms with Gasteiger partial charge in [-0.3, -0.25) is 4.79 Å². The Morgan fingerprint density at radius 1 is 0.969 bits per heavy atom. The van der Waals surface area contributed by atoms with Crippen molar-refractivity contribution >= 4 is 41.3 Å². The van der Waals surface area contributed by atoms with Crippen molar-refractivity contribution in [3.63, 3.8) is 0 Å². The Bertz CT molecular complexity index is 1140. The molecule has 0 saturated heterocycles. The highest BCUT2D eigenvalue weighted by Gasteiger charge is 2.12. The molecule has 0 saturated carbocycles. The fourth-order valence-electron chi connectivity index (χ4n) is 2.76. The van der Waals surface area contributed by atoms with Gasteiger partial charge in [-0.05, 0) is 79.1 Å². The molecule has 3 aromatic rings. The van der Waals surface area contributed by atoms with E-state index in [1.165, 1.54) is 6.21 Å². The number of halogens is 2. The van der Waals surface area contributed by atoms with Gasteiger partial charge in [-0.2, -0.15) is 5.10 Å². The van der Waals surface area contributed by atoms with Crippen LogP contribution in [0.2, 0.25) is 10.0 Å². The first-order chi connectivity index (χ1) is 15.3. The van der Waals surface area contributed by atoms with Gasteiger partial charge in [0.15, 0.2) is 6.61 Å². The quantitative estimate of drug-likeness (QED) is 0.218. The molecule has 3 aromatic carbocycles. The molecule has 0 heterocycles. The molecule has 0 radical (unpaired) electrons. The number of carbonyl (C=O) groups excluding carboxylic acids is 2. The average Bonchev–Trinajstić information content (AvgIpc) is 2.77. The van der Waals surface area contributed by atoms with Gasteiger partial charge in [0, 0.05) is 5.02 Å². The summed E-state index contributed by atoms with van der Waals surface area (Å²) >= 11 is 12.1. The normalized spacial score (nSPS) is 10.8. The standard InChI is InChI=1S/C24H20Cl2N2O4/c1-15-11-19(12-16(2)23(15)26)31-14-22(29)28-27-13-17-7-9-18(10-8-17)32-24(30)20-5-3-4-6-21(20)25/h3-13H,14H2,1-2H3,(H,28,29)/b27-13+. The third-order valence-electron chi connectivity index (χ3n) is 4.37. The lowest BCUT2D eigenvalue weighted by atomic mass is 10.1. The van der Waals surface area contributed by atoms with E-state index < -0.39 is 11.9 Å². The molecule has 0 aliphatic heterocycles. The van der Waals surface area contributed by atoms with Crippen LogP contribution < -0.4 is 14.9 Å². The van der Waals surface area contributed by atoms with Crippen molar-refractivity contribution in [3.8, 4) is 11.5 Å². The molecule has 0 unspecified atom stereocenters. The van der Waals surface area contributed by atoms with Crippen molar-refractivity contribution in [3.05, 3.63) is 93.0 Å². The second-order valence-corrected chi connectivity index (χ2v) is 7.68. The maximum atomic E-state index is 12.2.